The summed E-state index contributed by atoms with van der Waals surface area (Å²) in [6, 6.07) is 5.44. The Morgan fingerprint density at radius 3 is 2.24 bits per heavy atom. The summed E-state index contributed by atoms with van der Waals surface area (Å²) in [6.07, 6.45) is 0. The van der Waals surface area contributed by atoms with Crippen LogP contribution in [0.5, 0.6) is 0 Å². The van der Waals surface area contributed by atoms with Crippen molar-refractivity contribution < 1.29 is 17.2 Å². The second-order valence-electron chi connectivity index (χ2n) is 4.03. The molecular weight excluding hydrogens is 390 g/mol. The number of sulfonamides is 1. The summed E-state index contributed by atoms with van der Waals surface area (Å²) < 4.78 is 53.5. The van der Waals surface area contributed by atoms with E-state index >= 15 is 0 Å². The first-order valence-corrected chi connectivity index (χ1v) is 8.08. The number of nitrogens with two attached hydrogens (primary N) is 1. The van der Waals surface area contributed by atoms with Crippen molar-refractivity contribution in [3.63, 3.8) is 0 Å². The highest BCUT2D eigenvalue weighted by Crippen LogP contribution is 2.28. The normalized spacial score (nSPS) is 11.4. The molecule has 0 radical (unpaired) electrons. The Labute approximate surface area is 133 Å². The first kappa shape index (κ1) is 16.0. The molecule has 0 fully saturated rings. The minimum Gasteiger partial charge on any atom is -0.398 e. The Kier molecular flexibility index (Phi) is 4.40. The van der Waals surface area contributed by atoms with Gasteiger partial charge in [-0.1, -0.05) is 27.5 Å². The van der Waals surface area contributed by atoms with Gasteiger partial charge in [-0.05, 0) is 30.3 Å². The van der Waals surface area contributed by atoms with E-state index < -0.39 is 27.3 Å². The minimum absolute atomic E-state index is 0.0228. The van der Waals surface area contributed by atoms with Gasteiger partial charge >= 0.3 is 0 Å². The van der Waals surface area contributed by atoms with Crippen LogP contribution in [0.15, 0.2) is 39.7 Å². The van der Waals surface area contributed by atoms with E-state index in [1.54, 1.807) is 0 Å². The third kappa shape index (κ3) is 3.45. The highest BCUT2D eigenvalue weighted by Gasteiger charge is 2.20. The average Bonchev–Trinajstić information content (AvgIpc) is 2.37. The van der Waals surface area contributed by atoms with Crippen molar-refractivity contribution in [1.82, 2.24) is 0 Å². The molecule has 0 saturated heterocycles. The summed E-state index contributed by atoms with van der Waals surface area (Å²) in [5.41, 5.74) is 4.90. The summed E-state index contributed by atoms with van der Waals surface area (Å²) in [6.45, 7) is 0. The predicted molar refractivity (Wildman–Crippen MR) is 80.7 cm³/mol. The first-order valence-electron chi connectivity index (χ1n) is 5.43. The lowest BCUT2D eigenvalue weighted by atomic mass is 10.3. The zero-order valence-electron chi connectivity index (χ0n) is 10.2. The third-order valence-corrected chi connectivity index (χ3v) is 4.66. The molecule has 112 valence electrons. The molecule has 2 aromatic rings. The van der Waals surface area contributed by atoms with Gasteiger partial charge in [0.1, 0.15) is 5.69 Å². The maximum Gasteiger partial charge on any atom is 0.262 e. The van der Waals surface area contributed by atoms with Gasteiger partial charge < -0.3 is 5.73 Å². The SMILES string of the molecule is Nc1ccc(S(=O)(=O)Nc2c(F)cc(Br)cc2F)cc1Cl. The van der Waals surface area contributed by atoms with E-state index in [1.807, 2.05) is 4.72 Å². The quantitative estimate of drug-likeness (QED) is 0.775. The van der Waals surface area contributed by atoms with Crippen LogP contribution in [0.3, 0.4) is 0 Å². The van der Waals surface area contributed by atoms with Gasteiger partial charge in [-0.25, -0.2) is 17.2 Å². The first-order chi connectivity index (χ1) is 9.70. The Balaban J connectivity index is 2.44. The number of rotatable bonds is 3. The van der Waals surface area contributed by atoms with Crippen LogP contribution in [0.2, 0.25) is 5.02 Å². The van der Waals surface area contributed by atoms with Crippen molar-refractivity contribution in [1.29, 1.82) is 0 Å². The number of hydrogen-bond donors (Lipinski definition) is 2. The van der Waals surface area contributed by atoms with E-state index in [4.69, 9.17) is 17.3 Å². The van der Waals surface area contributed by atoms with Crippen molar-refractivity contribution in [3.05, 3.63) is 51.5 Å². The molecule has 4 nitrogen and oxygen atoms in total. The van der Waals surface area contributed by atoms with Gasteiger partial charge in [0.2, 0.25) is 0 Å². The van der Waals surface area contributed by atoms with E-state index in [0.717, 1.165) is 18.2 Å². The fourth-order valence-electron chi connectivity index (χ4n) is 1.51. The van der Waals surface area contributed by atoms with Crippen molar-refractivity contribution in [2.45, 2.75) is 4.90 Å². The molecule has 0 bridgehead atoms. The largest absolute Gasteiger partial charge is 0.398 e. The van der Waals surface area contributed by atoms with Gasteiger partial charge in [0.25, 0.3) is 10.0 Å². The third-order valence-electron chi connectivity index (χ3n) is 2.53. The second-order valence-corrected chi connectivity index (χ2v) is 7.04. The van der Waals surface area contributed by atoms with Crippen LogP contribution in [-0.4, -0.2) is 8.42 Å². The lowest BCUT2D eigenvalue weighted by Crippen LogP contribution is -2.15. The standard InChI is InChI=1S/C12H8BrClF2N2O2S/c13-6-3-9(15)12(10(16)4-6)18-21(19,20)7-1-2-11(17)8(14)5-7/h1-5,18H,17H2. The van der Waals surface area contributed by atoms with Crippen molar-refractivity contribution in [2.24, 2.45) is 0 Å². The Bertz CT molecular complexity index is 792. The van der Waals surface area contributed by atoms with Gasteiger partial charge in [-0.2, -0.15) is 0 Å². The van der Waals surface area contributed by atoms with Crippen LogP contribution in [0.4, 0.5) is 20.2 Å². The number of anilines is 2. The van der Waals surface area contributed by atoms with E-state index in [0.29, 0.717) is 0 Å². The predicted octanol–water partition coefficient (Wildman–Crippen LogP) is 3.76. The highest BCUT2D eigenvalue weighted by atomic mass is 79.9. The molecule has 21 heavy (non-hydrogen) atoms. The van der Waals surface area contributed by atoms with Crippen LogP contribution < -0.4 is 10.5 Å². The molecule has 0 heterocycles. The number of benzene rings is 2. The zero-order chi connectivity index (χ0) is 15.8. The van der Waals surface area contributed by atoms with E-state index in [1.165, 1.54) is 12.1 Å². The van der Waals surface area contributed by atoms with Crippen LogP contribution in [0.25, 0.3) is 0 Å². The Hall–Kier alpha value is -1.38. The maximum atomic E-state index is 13.7. The van der Waals surface area contributed by atoms with E-state index in [9.17, 15) is 17.2 Å². The molecule has 0 amide bonds. The van der Waals surface area contributed by atoms with Crippen molar-refractivity contribution >= 4 is 48.9 Å². The van der Waals surface area contributed by atoms with E-state index in [2.05, 4.69) is 15.9 Å². The molecular formula is C12H8BrClF2N2O2S. The number of nitrogen functional groups attached to an aromatic ring is 1. The Morgan fingerprint density at radius 1 is 1.14 bits per heavy atom. The van der Waals surface area contributed by atoms with Crippen molar-refractivity contribution in [2.75, 3.05) is 10.5 Å². The fraction of sp³-hybridized carbons (Fsp3) is 0. The van der Waals surface area contributed by atoms with Gasteiger partial charge in [-0.15, -0.1) is 0 Å². The second kappa shape index (κ2) is 5.78. The molecule has 0 aliphatic carbocycles. The number of hydrogen-bond acceptors (Lipinski definition) is 3. The molecule has 3 N–H and O–H groups in total. The van der Waals surface area contributed by atoms with Gasteiger partial charge in [0.15, 0.2) is 11.6 Å². The molecule has 0 aliphatic rings. The molecule has 0 saturated carbocycles. The molecule has 9 heteroatoms. The summed E-state index contributed by atoms with van der Waals surface area (Å²) in [5.74, 6) is -2.10. The van der Waals surface area contributed by atoms with Crippen LogP contribution in [-0.2, 0) is 10.0 Å². The Morgan fingerprint density at radius 2 is 1.71 bits per heavy atom. The van der Waals surface area contributed by atoms with Gasteiger partial charge in [0, 0.05) is 4.47 Å². The maximum absolute atomic E-state index is 13.7. The molecule has 0 aromatic heterocycles. The van der Waals surface area contributed by atoms with Gasteiger partial charge in [-0.3, -0.25) is 4.72 Å². The number of nitrogens with one attached hydrogen (secondary N) is 1. The average molecular weight is 398 g/mol. The monoisotopic (exact) mass is 396 g/mol. The summed E-state index contributed by atoms with van der Waals surface area (Å²) in [5, 5.41) is 0.0228. The molecule has 0 atom stereocenters. The van der Waals surface area contributed by atoms with Crippen LogP contribution in [0, 0.1) is 11.6 Å². The van der Waals surface area contributed by atoms with Crippen LogP contribution >= 0.6 is 27.5 Å². The lowest BCUT2D eigenvalue weighted by Gasteiger charge is -2.11. The molecule has 0 spiro atoms. The smallest absolute Gasteiger partial charge is 0.262 e. The molecule has 2 aromatic carbocycles. The van der Waals surface area contributed by atoms with Crippen LogP contribution in [0.1, 0.15) is 0 Å². The molecule has 0 aliphatic heterocycles. The minimum atomic E-state index is -4.20. The van der Waals surface area contributed by atoms with Crippen molar-refractivity contribution in [3.8, 4) is 0 Å². The molecule has 2 rings (SSSR count). The summed E-state index contributed by atoms with van der Waals surface area (Å²) in [7, 11) is -4.20. The zero-order valence-corrected chi connectivity index (χ0v) is 13.4. The number of halogens is 4. The topological polar surface area (TPSA) is 72.2 Å². The van der Waals surface area contributed by atoms with E-state index in [-0.39, 0.29) is 20.1 Å². The van der Waals surface area contributed by atoms with Gasteiger partial charge in [0.05, 0.1) is 15.6 Å². The summed E-state index contributed by atoms with van der Waals surface area (Å²) in [4.78, 5) is -0.261. The molecule has 0 unspecified atom stereocenters. The lowest BCUT2D eigenvalue weighted by molar-refractivity contribution is 0.582. The summed E-state index contributed by atoms with van der Waals surface area (Å²) >= 11 is 8.64. The fourth-order valence-corrected chi connectivity index (χ4v) is 3.26. The highest BCUT2D eigenvalue weighted by molar-refractivity contribution is 9.10.